The monoisotopic (exact) mass is 294 g/mol. The molecule has 0 radical (unpaired) electrons. The molecule has 20 heavy (non-hydrogen) atoms. The normalized spacial score (nSPS) is 28.8. The number of hydrogen-bond donors (Lipinski definition) is 1. The lowest BCUT2D eigenvalue weighted by molar-refractivity contribution is 0.0433. The van der Waals surface area contributed by atoms with Crippen molar-refractivity contribution in [3.63, 3.8) is 0 Å². The van der Waals surface area contributed by atoms with E-state index in [0.29, 0.717) is 6.04 Å². The summed E-state index contributed by atoms with van der Waals surface area (Å²) in [6.45, 7) is 7.92. The molecule has 114 valence electrons. The summed E-state index contributed by atoms with van der Waals surface area (Å²) in [6.07, 6.45) is 5.30. The van der Waals surface area contributed by atoms with Gasteiger partial charge in [0.25, 0.3) is 0 Å². The van der Waals surface area contributed by atoms with Gasteiger partial charge in [-0.2, -0.15) is 0 Å². The predicted molar refractivity (Wildman–Crippen MR) is 89.5 cm³/mol. The second kappa shape index (κ2) is 6.59. The maximum atomic E-state index is 3.80. The van der Waals surface area contributed by atoms with E-state index < -0.39 is 0 Å². The van der Waals surface area contributed by atoms with Gasteiger partial charge >= 0.3 is 0 Å². The Morgan fingerprint density at radius 1 is 1.40 bits per heavy atom. The fourth-order valence-corrected chi connectivity index (χ4v) is 4.48. The summed E-state index contributed by atoms with van der Waals surface area (Å²) in [7, 11) is 4.53. The van der Waals surface area contributed by atoms with Crippen LogP contribution in [0.5, 0.6) is 0 Å². The Labute approximate surface area is 128 Å². The average Bonchev–Trinajstić information content (AvgIpc) is 2.83. The summed E-state index contributed by atoms with van der Waals surface area (Å²) in [4.78, 5) is 3.96. The smallest absolute Gasteiger partial charge is 0.0517 e. The minimum absolute atomic E-state index is 0.272. The fourth-order valence-electron chi connectivity index (χ4n) is 3.74. The molecule has 0 aliphatic heterocycles. The van der Waals surface area contributed by atoms with Gasteiger partial charge in [-0.3, -0.25) is 0 Å². The third kappa shape index (κ3) is 2.95. The van der Waals surface area contributed by atoms with Crippen LogP contribution in [0.3, 0.4) is 0 Å². The van der Waals surface area contributed by atoms with Crippen molar-refractivity contribution in [1.82, 2.24) is 10.2 Å². The first-order valence-corrected chi connectivity index (χ1v) is 8.84. The van der Waals surface area contributed by atoms with Crippen LogP contribution >= 0.6 is 11.3 Å². The van der Waals surface area contributed by atoms with Gasteiger partial charge in [-0.1, -0.05) is 13.8 Å². The van der Waals surface area contributed by atoms with Crippen LogP contribution in [0, 0.1) is 12.8 Å². The topological polar surface area (TPSA) is 15.3 Å². The van der Waals surface area contributed by atoms with Crippen molar-refractivity contribution in [2.24, 2.45) is 5.92 Å². The summed E-state index contributed by atoms with van der Waals surface area (Å²) in [5, 5.41) is 6.04. The van der Waals surface area contributed by atoms with Gasteiger partial charge in [-0.15, -0.1) is 11.3 Å². The quantitative estimate of drug-likeness (QED) is 0.875. The summed E-state index contributed by atoms with van der Waals surface area (Å²) in [5.41, 5.74) is 1.79. The summed E-state index contributed by atoms with van der Waals surface area (Å²) in [5.74, 6) is 0.883. The van der Waals surface area contributed by atoms with Crippen LogP contribution in [0.1, 0.15) is 56.0 Å². The molecule has 2 nitrogen and oxygen atoms in total. The molecule has 0 bridgehead atoms. The molecule has 2 rings (SSSR count). The molecule has 3 heteroatoms. The van der Waals surface area contributed by atoms with Crippen LogP contribution < -0.4 is 5.32 Å². The lowest BCUT2D eigenvalue weighted by Gasteiger charge is -2.50. The molecule has 1 heterocycles. The maximum Gasteiger partial charge on any atom is 0.0517 e. The number of thiophene rings is 1. The van der Waals surface area contributed by atoms with E-state index in [9.17, 15) is 0 Å². The van der Waals surface area contributed by atoms with Crippen LogP contribution in [-0.4, -0.2) is 31.1 Å². The highest BCUT2D eigenvalue weighted by atomic mass is 32.1. The number of hydrogen-bond acceptors (Lipinski definition) is 3. The number of nitrogens with one attached hydrogen (secondary N) is 1. The fraction of sp³-hybridized carbons (Fsp3) is 0.765. The Bertz CT molecular complexity index is 416. The van der Waals surface area contributed by atoms with Crippen molar-refractivity contribution in [2.45, 2.75) is 58.0 Å². The first kappa shape index (κ1) is 16.0. The predicted octanol–water partition coefficient (Wildman–Crippen LogP) is 4.22. The molecule has 1 unspecified atom stereocenters. The Morgan fingerprint density at radius 3 is 2.50 bits per heavy atom. The van der Waals surface area contributed by atoms with Crippen molar-refractivity contribution in [1.29, 1.82) is 0 Å². The molecule has 0 amide bonds. The summed E-state index contributed by atoms with van der Waals surface area (Å²) < 4.78 is 0. The number of nitrogens with zero attached hydrogens (tertiary/aromatic N) is 1. The molecule has 0 spiro atoms. The first-order chi connectivity index (χ1) is 9.51. The molecule has 1 aliphatic rings. The van der Waals surface area contributed by atoms with Crippen LogP contribution in [-0.2, 0) is 0 Å². The lowest BCUT2D eigenvalue weighted by atomic mass is 9.70. The number of aryl methyl sites for hydroxylation is 1. The average molecular weight is 295 g/mol. The van der Waals surface area contributed by atoms with Gasteiger partial charge in [0, 0.05) is 10.4 Å². The zero-order valence-electron chi connectivity index (χ0n) is 13.7. The summed E-state index contributed by atoms with van der Waals surface area (Å²) >= 11 is 1.88. The third-order valence-corrected chi connectivity index (χ3v) is 6.05. The number of rotatable bonds is 5. The molecular weight excluding hydrogens is 264 g/mol. The minimum Gasteiger partial charge on any atom is -0.309 e. The molecule has 0 saturated heterocycles. The summed E-state index contributed by atoms with van der Waals surface area (Å²) in [6, 6.07) is 2.79. The van der Waals surface area contributed by atoms with E-state index in [1.807, 2.05) is 11.3 Å². The van der Waals surface area contributed by atoms with E-state index in [1.165, 1.54) is 36.1 Å². The second-order valence-corrected chi connectivity index (χ2v) is 7.72. The van der Waals surface area contributed by atoms with Gasteiger partial charge in [0.2, 0.25) is 0 Å². The zero-order valence-corrected chi connectivity index (χ0v) is 14.5. The van der Waals surface area contributed by atoms with E-state index >= 15 is 0 Å². The van der Waals surface area contributed by atoms with Crippen molar-refractivity contribution in [3.05, 3.63) is 21.9 Å². The Kier molecular flexibility index (Phi) is 5.27. The van der Waals surface area contributed by atoms with Crippen molar-refractivity contribution in [3.8, 4) is 0 Å². The first-order valence-electron chi connectivity index (χ1n) is 7.96. The maximum absolute atomic E-state index is 3.80. The van der Waals surface area contributed by atoms with Gasteiger partial charge < -0.3 is 10.2 Å². The van der Waals surface area contributed by atoms with Crippen LogP contribution in [0.15, 0.2) is 11.4 Å². The van der Waals surface area contributed by atoms with E-state index in [-0.39, 0.29) is 5.54 Å². The van der Waals surface area contributed by atoms with E-state index in [2.05, 4.69) is 56.5 Å². The highest BCUT2D eigenvalue weighted by Crippen LogP contribution is 2.44. The Hall–Kier alpha value is -0.380. The van der Waals surface area contributed by atoms with Gasteiger partial charge in [0.05, 0.1) is 6.04 Å². The number of likely N-dealkylation sites (N-methyl/N-ethyl adjacent to an activating group) is 2. The highest BCUT2D eigenvalue weighted by molar-refractivity contribution is 7.10. The second-order valence-electron chi connectivity index (χ2n) is 6.60. The van der Waals surface area contributed by atoms with Gasteiger partial charge in [-0.25, -0.2) is 0 Å². The molecule has 1 aromatic heterocycles. The molecule has 1 aliphatic carbocycles. The molecule has 1 saturated carbocycles. The van der Waals surface area contributed by atoms with Gasteiger partial charge in [0.15, 0.2) is 0 Å². The largest absolute Gasteiger partial charge is 0.309 e. The molecule has 1 atom stereocenters. The van der Waals surface area contributed by atoms with Crippen LogP contribution in [0.25, 0.3) is 0 Å². The molecule has 1 fully saturated rings. The van der Waals surface area contributed by atoms with E-state index in [4.69, 9.17) is 0 Å². The lowest BCUT2D eigenvalue weighted by Crippen LogP contribution is -2.55. The standard InChI is InChI=1S/C17H30N2S/c1-6-18-16(15-9-12-20-14(15)3)17(19(4)5)10-7-13(2)8-11-17/h9,12-13,16,18H,6-8,10-11H2,1-5H3. The van der Waals surface area contributed by atoms with Gasteiger partial charge in [-0.05, 0) is 76.2 Å². The van der Waals surface area contributed by atoms with Crippen LogP contribution in [0.2, 0.25) is 0 Å². The highest BCUT2D eigenvalue weighted by Gasteiger charge is 2.43. The third-order valence-electron chi connectivity index (χ3n) is 5.19. The molecule has 1 aromatic rings. The van der Waals surface area contributed by atoms with Crippen molar-refractivity contribution < 1.29 is 0 Å². The minimum atomic E-state index is 0.272. The molecular formula is C17H30N2S. The van der Waals surface area contributed by atoms with Gasteiger partial charge in [0.1, 0.15) is 0 Å². The Balaban J connectivity index is 2.36. The van der Waals surface area contributed by atoms with Crippen molar-refractivity contribution in [2.75, 3.05) is 20.6 Å². The zero-order chi connectivity index (χ0) is 14.8. The molecule has 1 N–H and O–H groups in total. The van der Waals surface area contributed by atoms with Crippen LogP contribution in [0.4, 0.5) is 0 Å². The van der Waals surface area contributed by atoms with E-state index in [0.717, 1.165) is 12.5 Å². The Morgan fingerprint density at radius 2 is 2.05 bits per heavy atom. The molecule has 0 aromatic carbocycles. The van der Waals surface area contributed by atoms with Crippen molar-refractivity contribution >= 4 is 11.3 Å². The van der Waals surface area contributed by atoms with E-state index in [1.54, 1.807) is 0 Å². The SMILES string of the molecule is CCNC(c1ccsc1C)C1(N(C)C)CCC(C)CC1.